The van der Waals surface area contributed by atoms with Crippen molar-refractivity contribution < 1.29 is 20.4 Å². The first kappa shape index (κ1) is 57.5. The standard InChI is InChI=1S/C66H86N10O4/c1-41-23-45(5)73(67-41)19-15-71(16-20-74-46(6)24-42(2)68-74)39-49-27-51-31-55-35-59(65(9,10)11)37-57(63(55)79)33-53-29-50(40-72(17-21-75-47(7)25-43(3)69-75)18-22-76-48(8)26-44(4)70-76)30-54(62(53)78)34-58-38-60(66(12,13)14)36-56(64(58)80)32-52(28-49)61(51)77/h23-30,35-38,77-80H,15-22,31-34,39-40H2,1-14H3. The molecule has 0 saturated heterocycles. The van der Waals surface area contributed by atoms with Crippen molar-refractivity contribution in [2.75, 3.05) is 26.2 Å². The van der Waals surface area contributed by atoms with E-state index in [4.69, 9.17) is 20.4 Å². The number of aromatic nitrogens is 8. The third kappa shape index (κ3) is 13.4. The van der Waals surface area contributed by atoms with E-state index in [0.29, 0.717) is 83.8 Å². The third-order valence-corrected chi connectivity index (χ3v) is 16.2. The molecule has 9 rings (SSSR count). The van der Waals surface area contributed by atoms with Crippen LogP contribution in [0.25, 0.3) is 0 Å². The summed E-state index contributed by atoms with van der Waals surface area (Å²) in [6.45, 7) is 36.4. The molecule has 0 aliphatic heterocycles. The summed E-state index contributed by atoms with van der Waals surface area (Å²) in [5.74, 6) is 0.589. The molecule has 8 bridgehead atoms. The lowest BCUT2D eigenvalue weighted by Crippen LogP contribution is -2.31. The van der Waals surface area contributed by atoms with Crippen LogP contribution in [-0.4, -0.2) is 95.5 Å². The first-order chi connectivity index (χ1) is 37.7. The maximum absolute atomic E-state index is 12.6. The normalized spacial score (nSPS) is 13.1. The Labute approximate surface area is 474 Å². The summed E-state index contributed by atoms with van der Waals surface area (Å²) < 4.78 is 8.29. The highest BCUT2D eigenvalue weighted by atomic mass is 16.3. The van der Waals surface area contributed by atoms with Crippen LogP contribution in [0.2, 0.25) is 0 Å². The molecule has 0 spiro atoms. The zero-order valence-electron chi connectivity index (χ0n) is 50.1. The van der Waals surface area contributed by atoms with Crippen molar-refractivity contribution in [1.29, 1.82) is 0 Å². The molecular weight excluding hydrogens is 997 g/mol. The molecule has 80 heavy (non-hydrogen) atoms. The van der Waals surface area contributed by atoms with E-state index in [-0.39, 0.29) is 59.5 Å². The van der Waals surface area contributed by atoms with Gasteiger partial charge in [-0.15, -0.1) is 0 Å². The number of nitrogens with zero attached hydrogens (tertiary/aromatic N) is 10. The number of aryl methyl sites for hydroxylation is 8. The van der Waals surface area contributed by atoms with Crippen molar-refractivity contribution in [3.8, 4) is 23.0 Å². The van der Waals surface area contributed by atoms with Crippen LogP contribution in [0.15, 0.2) is 72.8 Å². The highest BCUT2D eigenvalue weighted by molar-refractivity contribution is 5.58. The number of hydrogen-bond acceptors (Lipinski definition) is 10. The van der Waals surface area contributed by atoms with Gasteiger partial charge < -0.3 is 20.4 Å². The predicted molar refractivity (Wildman–Crippen MR) is 318 cm³/mol. The lowest BCUT2D eigenvalue weighted by molar-refractivity contribution is 0.235. The monoisotopic (exact) mass is 1080 g/mol. The summed E-state index contributed by atoms with van der Waals surface area (Å²) in [4.78, 5) is 4.86. The Hall–Kier alpha value is -7.16. The molecule has 14 nitrogen and oxygen atoms in total. The Morgan fingerprint density at radius 3 is 0.750 bits per heavy atom. The highest BCUT2D eigenvalue weighted by Crippen LogP contribution is 2.42. The van der Waals surface area contributed by atoms with Crippen molar-refractivity contribution in [3.05, 3.63) is 185 Å². The second-order valence-corrected chi connectivity index (χ2v) is 25.2. The minimum atomic E-state index is -0.290. The van der Waals surface area contributed by atoms with Crippen LogP contribution in [0.3, 0.4) is 0 Å². The summed E-state index contributed by atoms with van der Waals surface area (Å²) in [5, 5.41) is 69.7. The van der Waals surface area contributed by atoms with Gasteiger partial charge in [-0.25, -0.2) is 0 Å². The largest absolute Gasteiger partial charge is 0.507 e. The molecule has 0 fully saturated rings. The molecule has 4 aromatic carbocycles. The first-order valence-corrected chi connectivity index (χ1v) is 28.6. The van der Waals surface area contributed by atoms with Gasteiger partial charge in [0, 0.05) is 87.7 Å². The molecule has 1 aliphatic rings. The molecule has 0 unspecified atom stereocenters. The van der Waals surface area contributed by atoms with Gasteiger partial charge in [-0.2, -0.15) is 20.4 Å². The topological polar surface area (TPSA) is 159 Å². The number of fused-ring (bicyclic) bond motifs is 8. The molecule has 0 saturated carbocycles. The SMILES string of the molecule is Cc1cc(C)n(CCN(CCn2nc(C)cc2C)Cc2cc3c(O)c(c2)Cc2cc(C(C)(C)C)cc(c2O)Cc2cc(CN(CCn4nc(C)cc4C)CCn4nc(C)cc4C)cc(c2O)Cc2cc(C(C)(C)C)cc(c2O)C3)n1. The van der Waals surface area contributed by atoms with E-state index in [9.17, 15) is 20.4 Å². The molecule has 1 aliphatic carbocycles. The molecule has 14 heteroatoms. The molecule has 4 heterocycles. The number of benzene rings is 4. The van der Waals surface area contributed by atoms with E-state index in [0.717, 1.165) is 94.0 Å². The molecule has 8 aromatic rings. The van der Waals surface area contributed by atoms with E-state index < -0.39 is 0 Å². The predicted octanol–water partition coefficient (Wildman–Crippen LogP) is 11.4. The smallest absolute Gasteiger partial charge is 0.122 e. The van der Waals surface area contributed by atoms with Gasteiger partial charge in [0.1, 0.15) is 23.0 Å². The second kappa shape index (κ2) is 23.1. The van der Waals surface area contributed by atoms with Crippen molar-refractivity contribution >= 4 is 0 Å². The number of rotatable bonds is 16. The van der Waals surface area contributed by atoms with E-state index in [1.807, 2.05) is 27.7 Å². The third-order valence-electron chi connectivity index (χ3n) is 16.2. The fraction of sp³-hybridized carbons (Fsp3) is 0.455. The average molecular weight is 1080 g/mol. The summed E-state index contributed by atoms with van der Waals surface area (Å²) in [5.41, 5.74) is 17.5. The summed E-state index contributed by atoms with van der Waals surface area (Å²) >= 11 is 0. The molecule has 4 aromatic heterocycles. The van der Waals surface area contributed by atoms with Gasteiger partial charge in [-0.1, -0.05) is 90.1 Å². The first-order valence-electron chi connectivity index (χ1n) is 28.6. The summed E-state index contributed by atoms with van der Waals surface area (Å²) in [6.07, 6.45) is 1.01. The minimum Gasteiger partial charge on any atom is -0.507 e. The van der Waals surface area contributed by atoms with E-state index in [1.54, 1.807) is 0 Å². The second-order valence-electron chi connectivity index (χ2n) is 25.2. The number of phenols is 4. The highest BCUT2D eigenvalue weighted by Gasteiger charge is 2.27. The van der Waals surface area contributed by atoms with Gasteiger partial charge in [0.2, 0.25) is 0 Å². The van der Waals surface area contributed by atoms with Gasteiger partial charge in [0.15, 0.2) is 0 Å². The van der Waals surface area contributed by atoms with E-state index >= 15 is 0 Å². The molecular formula is C66H86N10O4. The van der Waals surface area contributed by atoms with Crippen molar-refractivity contribution in [1.82, 2.24) is 48.9 Å². The van der Waals surface area contributed by atoms with Gasteiger partial charge in [-0.05, 0) is 157 Å². The fourth-order valence-corrected chi connectivity index (χ4v) is 11.7. The van der Waals surface area contributed by atoms with Crippen LogP contribution in [0, 0.1) is 55.4 Å². The Kier molecular flexibility index (Phi) is 16.6. The van der Waals surface area contributed by atoms with Crippen molar-refractivity contribution in [2.24, 2.45) is 0 Å². The maximum Gasteiger partial charge on any atom is 0.122 e. The van der Waals surface area contributed by atoms with E-state index in [2.05, 4.69) is 171 Å². The number of hydrogen-bond donors (Lipinski definition) is 4. The molecule has 0 amide bonds. The van der Waals surface area contributed by atoms with Crippen LogP contribution < -0.4 is 0 Å². The Balaban J connectivity index is 1.16. The average Bonchev–Trinajstić information content (AvgIpc) is 4.10. The molecule has 0 radical (unpaired) electrons. The van der Waals surface area contributed by atoms with Crippen molar-refractivity contribution in [3.63, 3.8) is 0 Å². The van der Waals surface area contributed by atoms with Crippen LogP contribution in [0.4, 0.5) is 0 Å². The number of aromatic hydroxyl groups is 4. The van der Waals surface area contributed by atoms with Crippen LogP contribution in [0.5, 0.6) is 23.0 Å². The summed E-state index contributed by atoms with van der Waals surface area (Å²) in [6, 6.07) is 25.1. The minimum absolute atomic E-state index is 0.147. The summed E-state index contributed by atoms with van der Waals surface area (Å²) in [7, 11) is 0. The van der Waals surface area contributed by atoms with Crippen LogP contribution >= 0.6 is 0 Å². The molecule has 0 atom stereocenters. The van der Waals surface area contributed by atoms with Gasteiger partial charge in [-0.3, -0.25) is 28.5 Å². The Morgan fingerprint density at radius 1 is 0.350 bits per heavy atom. The van der Waals surface area contributed by atoms with Crippen molar-refractivity contribution in [2.45, 2.75) is 173 Å². The van der Waals surface area contributed by atoms with Crippen LogP contribution in [0.1, 0.15) is 154 Å². The van der Waals surface area contributed by atoms with Gasteiger partial charge in [0.25, 0.3) is 0 Å². The number of phenolic OH excluding ortho intramolecular Hbond substituents is 4. The zero-order chi connectivity index (χ0) is 57.5. The quantitative estimate of drug-likeness (QED) is 0.0734. The zero-order valence-corrected chi connectivity index (χ0v) is 50.1. The molecule has 4 N–H and O–H groups in total. The van der Waals surface area contributed by atoms with Crippen LogP contribution in [-0.2, 0) is 75.8 Å². The lowest BCUT2D eigenvalue weighted by Gasteiger charge is -2.26. The van der Waals surface area contributed by atoms with Gasteiger partial charge >= 0.3 is 0 Å². The Morgan fingerprint density at radius 2 is 0.562 bits per heavy atom. The van der Waals surface area contributed by atoms with E-state index in [1.165, 1.54) is 0 Å². The lowest BCUT2D eigenvalue weighted by atomic mass is 9.81. The Bertz CT molecular complexity index is 3110. The molecule has 424 valence electrons. The fourth-order valence-electron chi connectivity index (χ4n) is 11.7. The van der Waals surface area contributed by atoms with Gasteiger partial charge in [0.05, 0.1) is 49.0 Å². The maximum atomic E-state index is 12.6.